The zero-order chi connectivity index (χ0) is 9.80. The first-order valence-corrected chi connectivity index (χ1v) is 4.34. The number of carboxylic acids is 1. The maximum Gasteiger partial charge on any atom is 0.304 e. The highest BCUT2D eigenvalue weighted by molar-refractivity contribution is 5.67. The van der Waals surface area contributed by atoms with E-state index in [-0.39, 0.29) is 11.5 Å². The summed E-state index contributed by atoms with van der Waals surface area (Å²) in [5, 5.41) is 11.8. The molecule has 0 bridgehead atoms. The van der Waals surface area contributed by atoms with E-state index in [9.17, 15) is 4.79 Å². The molecule has 0 aromatic carbocycles. The molecular weight excluding hydrogens is 154 g/mol. The van der Waals surface area contributed by atoms with Crippen LogP contribution in [-0.4, -0.2) is 23.7 Å². The number of rotatable bonds is 2. The minimum Gasteiger partial charge on any atom is -0.481 e. The van der Waals surface area contributed by atoms with E-state index in [1.807, 2.05) is 0 Å². The summed E-state index contributed by atoms with van der Waals surface area (Å²) >= 11 is 0. The Balaban J connectivity index is 2.07. The summed E-state index contributed by atoms with van der Waals surface area (Å²) in [6.07, 6.45) is -1.00. The van der Waals surface area contributed by atoms with Gasteiger partial charge in [0.25, 0.3) is 0 Å². The molecule has 0 aromatic heterocycles. The minimum atomic E-state index is -1.01. The average molecular weight is 170 g/mol. The number of hydrogen-bond acceptors (Lipinski definition) is 2. The first-order chi connectivity index (χ1) is 5.96. The molecule has 1 aliphatic carbocycles. The van der Waals surface area contributed by atoms with Crippen LogP contribution in [0.15, 0.2) is 0 Å². The maximum absolute atomic E-state index is 10.6. The van der Waals surface area contributed by atoms with Gasteiger partial charge < -0.3 is 10.4 Å². The zero-order valence-electron chi connectivity index (χ0n) is 8.37. The molecule has 1 saturated heterocycles. The van der Waals surface area contributed by atoms with Crippen molar-refractivity contribution in [3.8, 4) is 0 Å². The summed E-state index contributed by atoms with van der Waals surface area (Å²) in [4.78, 5) is 10.6. The predicted molar refractivity (Wildman–Crippen MR) is 44.8 cm³/mol. The van der Waals surface area contributed by atoms with Crippen molar-refractivity contribution in [2.24, 2.45) is 17.3 Å². The maximum atomic E-state index is 10.6. The Bertz CT molecular complexity index is 254. The molecule has 0 aromatic rings. The average Bonchev–Trinajstić information content (AvgIpc) is 2.50. The van der Waals surface area contributed by atoms with Crippen molar-refractivity contribution in [1.82, 2.24) is 5.32 Å². The normalized spacial score (nSPS) is 46.2. The molecule has 1 aliphatic heterocycles. The monoisotopic (exact) mass is 170 g/mol. The lowest BCUT2D eigenvalue weighted by Gasteiger charge is -2.16. The first kappa shape index (κ1) is 6.89. The third-order valence-corrected chi connectivity index (χ3v) is 3.42. The third-order valence-electron chi connectivity index (χ3n) is 3.42. The molecule has 12 heavy (non-hydrogen) atoms. The van der Waals surface area contributed by atoms with Crippen LogP contribution in [0.5, 0.6) is 0 Å². The van der Waals surface area contributed by atoms with Gasteiger partial charge in [-0.3, -0.25) is 4.79 Å². The van der Waals surface area contributed by atoms with Gasteiger partial charge in [0.15, 0.2) is 0 Å². The smallest absolute Gasteiger partial charge is 0.304 e. The van der Waals surface area contributed by atoms with Crippen molar-refractivity contribution in [2.75, 3.05) is 6.54 Å². The van der Waals surface area contributed by atoms with Crippen LogP contribution in [0, 0.1) is 17.3 Å². The molecule has 2 rings (SSSR count). The Morgan fingerprint density at radius 3 is 2.92 bits per heavy atom. The standard InChI is InChI=1S/C9H15NO2/c1-9(2)5-4-10-6(8(5)9)3-7(11)12/h5-6,8,10H,3-4H2,1-2H3,(H,11,12)/t5-,6-,8-/m0/s1/i3D/t3?,5-,6-,8-. The molecule has 3 nitrogen and oxygen atoms in total. The van der Waals surface area contributed by atoms with Gasteiger partial charge in [0.1, 0.15) is 0 Å². The SMILES string of the molecule is [2H]C(C(=O)O)[C@@H]1NC[C@H]2[C@@H]1C2(C)C. The molecule has 1 heterocycles. The summed E-state index contributed by atoms with van der Waals surface area (Å²) in [5.41, 5.74) is 0.255. The highest BCUT2D eigenvalue weighted by Gasteiger charge is 2.63. The van der Waals surface area contributed by atoms with Gasteiger partial charge in [0.2, 0.25) is 0 Å². The van der Waals surface area contributed by atoms with Gasteiger partial charge >= 0.3 is 5.97 Å². The van der Waals surface area contributed by atoms with Gasteiger partial charge in [0, 0.05) is 7.41 Å². The van der Waals surface area contributed by atoms with E-state index in [1.54, 1.807) is 0 Å². The van der Waals surface area contributed by atoms with Gasteiger partial charge in [-0.15, -0.1) is 0 Å². The molecule has 68 valence electrons. The van der Waals surface area contributed by atoms with E-state index in [0.717, 1.165) is 6.54 Å². The Kier molecular flexibility index (Phi) is 1.28. The molecule has 1 unspecified atom stereocenters. The zero-order valence-corrected chi connectivity index (χ0v) is 7.37. The summed E-state index contributed by atoms with van der Waals surface area (Å²) in [6.45, 7) is 5.19. The Morgan fingerprint density at radius 1 is 1.83 bits per heavy atom. The molecule has 3 heteroatoms. The lowest BCUT2D eigenvalue weighted by molar-refractivity contribution is -0.137. The molecule has 4 atom stereocenters. The van der Waals surface area contributed by atoms with Crippen molar-refractivity contribution in [3.63, 3.8) is 0 Å². The van der Waals surface area contributed by atoms with Gasteiger partial charge in [-0.2, -0.15) is 0 Å². The minimum absolute atomic E-state index is 0.141. The second-order valence-electron chi connectivity index (χ2n) is 4.39. The van der Waals surface area contributed by atoms with Gasteiger partial charge in [-0.1, -0.05) is 13.8 Å². The fourth-order valence-electron chi connectivity index (χ4n) is 2.60. The van der Waals surface area contributed by atoms with Crippen LogP contribution in [0.4, 0.5) is 0 Å². The Hall–Kier alpha value is -0.570. The topological polar surface area (TPSA) is 49.3 Å². The van der Waals surface area contributed by atoms with Gasteiger partial charge in [0.05, 0.1) is 6.40 Å². The quantitative estimate of drug-likeness (QED) is 0.641. The molecule has 2 aliphatic rings. The molecule has 0 spiro atoms. The number of piperidine rings is 1. The van der Waals surface area contributed by atoms with Crippen LogP contribution >= 0.6 is 0 Å². The summed E-state index contributed by atoms with van der Waals surface area (Å²) in [5.74, 6) is -0.0309. The van der Waals surface area contributed by atoms with E-state index in [1.165, 1.54) is 0 Å². The Morgan fingerprint density at radius 2 is 2.50 bits per heavy atom. The summed E-state index contributed by atoms with van der Waals surface area (Å²) < 4.78 is 7.50. The van der Waals surface area contributed by atoms with Crippen molar-refractivity contribution >= 4 is 5.97 Å². The highest BCUT2D eigenvalue weighted by Crippen LogP contribution is 2.62. The molecule has 0 amide bonds. The van der Waals surface area contributed by atoms with Gasteiger partial charge in [-0.25, -0.2) is 0 Å². The lowest BCUT2D eigenvalue weighted by atomic mass is 10.0. The van der Waals surface area contributed by atoms with Crippen molar-refractivity contribution < 1.29 is 11.3 Å². The first-order valence-electron chi connectivity index (χ1n) is 4.92. The number of hydrogen-bond donors (Lipinski definition) is 2. The summed E-state index contributed by atoms with van der Waals surface area (Å²) in [7, 11) is 0. The molecule has 1 saturated carbocycles. The van der Waals surface area contributed by atoms with Crippen molar-refractivity contribution in [1.29, 1.82) is 0 Å². The molecule has 2 N–H and O–H groups in total. The largest absolute Gasteiger partial charge is 0.481 e. The number of carboxylic acid groups (broad SMARTS) is 1. The summed E-state index contributed by atoms with van der Waals surface area (Å²) in [6, 6.07) is -0.141. The van der Waals surface area contributed by atoms with E-state index >= 15 is 0 Å². The van der Waals surface area contributed by atoms with E-state index in [0.29, 0.717) is 11.8 Å². The van der Waals surface area contributed by atoms with Crippen LogP contribution < -0.4 is 5.32 Å². The fraction of sp³-hybridized carbons (Fsp3) is 0.889. The second kappa shape index (κ2) is 2.22. The number of fused-ring (bicyclic) bond motifs is 1. The number of aliphatic carboxylic acids is 1. The second-order valence-corrected chi connectivity index (χ2v) is 4.39. The highest BCUT2D eigenvalue weighted by atomic mass is 16.4. The van der Waals surface area contributed by atoms with E-state index in [2.05, 4.69) is 19.2 Å². The van der Waals surface area contributed by atoms with Crippen LogP contribution in [-0.2, 0) is 4.79 Å². The Labute approximate surface area is 73.6 Å². The number of carbonyl (C=O) groups is 1. The third kappa shape index (κ3) is 0.959. The van der Waals surface area contributed by atoms with Crippen molar-refractivity contribution in [3.05, 3.63) is 0 Å². The van der Waals surface area contributed by atoms with Crippen LogP contribution in [0.2, 0.25) is 0 Å². The van der Waals surface area contributed by atoms with E-state index in [4.69, 9.17) is 6.48 Å². The van der Waals surface area contributed by atoms with Crippen LogP contribution in [0.1, 0.15) is 21.6 Å². The molecular formula is C9H15NO2. The lowest BCUT2D eigenvalue weighted by Crippen LogP contribution is -2.32. The fourth-order valence-corrected chi connectivity index (χ4v) is 2.60. The predicted octanol–water partition coefficient (Wildman–Crippen LogP) is 0.705. The molecule has 2 fully saturated rings. The van der Waals surface area contributed by atoms with Crippen LogP contribution in [0.25, 0.3) is 0 Å². The van der Waals surface area contributed by atoms with Crippen LogP contribution in [0.3, 0.4) is 0 Å². The van der Waals surface area contributed by atoms with E-state index < -0.39 is 12.4 Å². The van der Waals surface area contributed by atoms with Gasteiger partial charge in [-0.05, 0) is 23.8 Å². The van der Waals surface area contributed by atoms with Crippen molar-refractivity contribution in [2.45, 2.75) is 26.3 Å². The molecule has 0 radical (unpaired) electrons. The number of nitrogens with one attached hydrogen (secondary N) is 1.